The highest BCUT2D eigenvalue weighted by molar-refractivity contribution is 7.09. The second kappa shape index (κ2) is 11.3. The summed E-state index contributed by atoms with van der Waals surface area (Å²) in [4.78, 5) is 30.9. The Morgan fingerprint density at radius 3 is 2.69 bits per heavy atom. The number of benzene rings is 1. The number of carbonyl (C=O) groups excluding carboxylic acids is 2. The Kier molecular flexibility index (Phi) is 9.16. The molecule has 0 aliphatic carbocycles. The van der Waals surface area contributed by atoms with Gasteiger partial charge in [-0.15, -0.1) is 11.3 Å². The number of amides is 3. The van der Waals surface area contributed by atoms with Crippen molar-refractivity contribution in [2.45, 2.75) is 32.9 Å². The van der Waals surface area contributed by atoms with Crippen molar-refractivity contribution in [3.05, 3.63) is 44.3 Å². The topological polar surface area (TPSA) is 83.6 Å². The zero-order chi connectivity index (χ0) is 21.4. The van der Waals surface area contributed by atoms with Gasteiger partial charge in [0.1, 0.15) is 10.7 Å². The third kappa shape index (κ3) is 7.15. The fraction of sp³-hybridized carbons (Fsp3) is 0.421. The molecule has 10 heteroatoms. The van der Waals surface area contributed by atoms with Crippen LogP contribution in [-0.2, 0) is 11.3 Å². The number of methoxy groups -OCH3 is 1. The molecule has 2 aromatic rings. The van der Waals surface area contributed by atoms with E-state index in [9.17, 15) is 9.59 Å². The smallest absolute Gasteiger partial charge is 0.322 e. The Morgan fingerprint density at radius 2 is 2.03 bits per heavy atom. The van der Waals surface area contributed by atoms with Gasteiger partial charge >= 0.3 is 6.03 Å². The van der Waals surface area contributed by atoms with E-state index in [2.05, 4.69) is 15.6 Å². The van der Waals surface area contributed by atoms with Crippen LogP contribution in [-0.4, -0.2) is 48.1 Å². The minimum atomic E-state index is -0.292. The summed E-state index contributed by atoms with van der Waals surface area (Å²) in [6, 6.07) is 4.53. The Labute approximate surface area is 184 Å². The maximum absolute atomic E-state index is 12.7. The molecule has 0 aliphatic heterocycles. The van der Waals surface area contributed by atoms with Crippen LogP contribution in [0.5, 0.6) is 0 Å². The van der Waals surface area contributed by atoms with E-state index >= 15 is 0 Å². The predicted molar refractivity (Wildman–Crippen MR) is 117 cm³/mol. The molecule has 0 aliphatic rings. The van der Waals surface area contributed by atoms with Gasteiger partial charge in [0, 0.05) is 37.4 Å². The van der Waals surface area contributed by atoms with Crippen LogP contribution in [0.4, 0.5) is 10.5 Å². The third-order valence-electron chi connectivity index (χ3n) is 3.96. The monoisotopic (exact) mass is 458 g/mol. The zero-order valence-corrected chi connectivity index (χ0v) is 18.8. The van der Waals surface area contributed by atoms with Gasteiger partial charge in [0.25, 0.3) is 5.91 Å². The Morgan fingerprint density at radius 1 is 1.28 bits per heavy atom. The minimum Gasteiger partial charge on any atom is -0.385 e. The van der Waals surface area contributed by atoms with Crippen molar-refractivity contribution in [2.75, 3.05) is 25.6 Å². The lowest BCUT2D eigenvalue weighted by Gasteiger charge is -2.26. The zero-order valence-electron chi connectivity index (χ0n) is 16.5. The van der Waals surface area contributed by atoms with E-state index in [0.717, 1.165) is 6.42 Å². The molecule has 1 heterocycles. The van der Waals surface area contributed by atoms with Crippen LogP contribution in [0.2, 0.25) is 10.0 Å². The molecule has 0 atom stereocenters. The van der Waals surface area contributed by atoms with E-state index in [1.807, 2.05) is 13.8 Å². The first kappa shape index (κ1) is 23.4. The molecule has 2 rings (SSSR count). The van der Waals surface area contributed by atoms with Crippen molar-refractivity contribution in [2.24, 2.45) is 0 Å². The SMILES string of the molecule is COCCCNC(=O)c1csc(CN(C(=O)Nc2ccc(Cl)c(Cl)c2)C(C)C)n1. The summed E-state index contributed by atoms with van der Waals surface area (Å²) in [5, 5.41) is 8.75. The highest BCUT2D eigenvalue weighted by Gasteiger charge is 2.20. The van der Waals surface area contributed by atoms with Crippen LogP contribution >= 0.6 is 34.5 Å². The number of aromatic nitrogens is 1. The van der Waals surface area contributed by atoms with E-state index < -0.39 is 0 Å². The van der Waals surface area contributed by atoms with Gasteiger partial charge < -0.3 is 20.3 Å². The van der Waals surface area contributed by atoms with E-state index in [1.165, 1.54) is 11.3 Å². The third-order valence-corrected chi connectivity index (χ3v) is 5.53. The second-order valence-electron chi connectivity index (χ2n) is 6.51. The van der Waals surface area contributed by atoms with Gasteiger partial charge in [-0.3, -0.25) is 4.79 Å². The number of ether oxygens (including phenoxy) is 1. The van der Waals surface area contributed by atoms with Crippen LogP contribution in [0, 0.1) is 0 Å². The maximum atomic E-state index is 12.7. The first-order valence-electron chi connectivity index (χ1n) is 9.06. The summed E-state index contributed by atoms with van der Waals surface area (Å²) in [6.45, 7) is 5.20. The normalized spacial score (nSPS) is 10.8. The number of hydrogen-bond acceptors (Lipinski definition) is 5. The van der Waals surface area contributed by atoms with Crippen molar-refractivity contribution >= 4 is 52.2 Å². The van der Waals surface area contributed by atoms with Crippen LogP contribution < -0.4 is 10.6 Å². The van der Waals surface area contributed by atoms with Gasteiger partial charge in [0.05, 0.1) is 16.6 Å². The van der Waals surface area contributed by atoms with Crippen LogP contribution in [0.15, 0.2) is 23.6 Å². The quantitative estimate of drug-likeness (QED) is 0.535. The molecule has 158 valence electrons. The summed E-state index contributed by atoms with van der Waals surface area (Å²) in [5.41, 5.74) is 0.890. The Bertz CT molecular complexity index is 845. The summed E-state index contributed by atoms with van der Waals surface area (Å²) in [5.74, 6) is -0.236. The lowest BCUT2D eigenvalue weighted by molar-refractivity contribution is 0.0944. The summed E-state index contributed by atoms with van der Waals surface area (Å²) in [7, 11) is 1.62. The number of thiazole rings is 1. The molecule has 1 aromatic carbocycles. The standard InChI is InChI=1S/C19H24Cl2N4O3S/c1-12(2)25(19(27)23-13-5-6-14(20)15(21)9-13)10-17-24-16(11-29-17)18(26)22-7-4-8-28-3/h5-6,9,11-12H,4,7-8,10H2,1-3H3,(H,22,26)(H,23,27). The van der Waals surface area contributed by atoms with Crippen molar-refractivity contribution in [3.8, 4) is 0 Å². The number of halogens is 2. The summed E-state index contributed by atoms with van der Waals surface area (Å²) < 4.78 is 4.95. The Hall–Kier alpha value is -1.87. The predicted octanol–water partition coefficient (Wildman–Crippen LogP) is 4.66. The van der Waals surface area contributed by atoms with E-state index in [-0.39, 0.29) is 24.5 Å². The fourth-order valence-corrected chi connectivity index (χ4v) is 3.47. The van der Waals surface area contributed by atoms with Crippen molar-refractivity contribution in [3.63, 3.8) is 0 Å². The van der Waals surface area contributed by atoms with Gasteiger partial charge in [-0.2, -0.15) is 0 Å². The average Bonchev–Trinajstić information content (AvgIpc) is 3.14. The number of nitrogens with zero attached hydrogens (tertiary/aromatic N) is 2. The molecule has 0 bridgehead atoms. The molecule has 0 spiro atoms. The number of urea groups is 1. The van der Waals surface area contributed by atoms with Gasteiger partial charge in [-0.05, 0) is 38.5 Å². The number of hydrogen-bond donors (Lipinski definition) is 2. The first-order chi connectivity index (χ1) is 13.8. The second-order valence-corrected chi connectivity index (χ2v) is 8.27. The molecule has 29 heavy (non-hydrogen) atoms. The van der Waals surface area contributed by atoms with Crippen molar-refractivity contribution in [1.82, 2.24) is 15.2 Å². The molecular formula is C19H24Cl2N4O3S. The van der Waals surface area contributed by atoms with Gasteiger partial charge in [-0.25, -0.2) is 9.78 Å². The van der Waals surface area contributed by atoms with Gasteiger partial charge in [0.15, 0.2) is 0 Å². The number of nitrogens with one attached hydrogen (secondary N) is 2. The van der Waals surface area contributed by atoms with E-state index in [0.29, 0.717) is 39.6 Å². The number of carbonyl (C=O) groups is 2. The van der Waals surface area contributed by atoms with E-state index in [1.54, 1.807) is 35.6 Å². The Balaban J connectivity index is 1.99. The molecule has 0 saturated carbocycles. The van der Waals surface area contributed by atoms with Crippen molar-refractivity contribution < 1.29 is 14.3 Å². The number of anilines is 1. The molecule has 7 nitrogen and oxygen atoms in total. The summed E-state index contributed by atoms with van der Waals surface area (Å²) >= 11 is 13.3. The van der Waals surface area contributed by atoms with Gasteiger partial charge in [-0.1, -0.05) is 23.2 Å². The lowest BCUT2D eigenvalue weighted by Crippen LogP contribution is -2.39. The molecule has 1 aromatic heterocycles. The van der Waals surface area contributed by atoms with Crippen LogP contribution in [0.25, 0.3) is 0 Å². The summed E-state index contributed by atoms with van der Waals surface area (Å²) in [6.07, 6.45) is 0.731. The maximum Gasteiger partial charge on any atom is 0.322 e. The average molecular weight is 459 g/mol. The van der Waals surface area contributed by atoms with Crippen LogP contribution in [0.3, 0.4) is 0 Å². The fourth-order valence-electron chi connectivity index (χ4n) is 2.40. The lowest BCUT2D eigenvalue weighted by atomic mass is 10.3. The highest BCUT2D eigenvalue weighted by atomic mass is 35.5. The number of rotatable bonds is 9. The van der Waals surface area contributed by atoms with Crippen LogP contribution in [0.1, 0.15) is 35.8 Å². The molecule has 3 amide bonds. The van der Waals surface area contributed by atoms with Crippen molar-refractivity contribution in [1.29, 1.82) is 0 Å². The van der Waals surface area contributed by atoms with Gasteiger partial charge in [0.2, 0.25) is 0 Å². The molecule has 2 N–H and O–H groups in total. The largest absolute Gasteiger partial charge is 0.385 e. The molecule has 0 unspecified atom stereocenters. The molecule has 0 radical (unpaired) electrons. The highest BCUT2D eigenvalue weighted by Crippen LogP contribution is 2.25. The molecular weight excluding hydrogens is 435 g/mol. The molecule has 0 fully saturated rings. The van der Waals surface area contributed by atoms with E-state index in [4.69, 9.17) is 27.9 Å². The minimum absolute atomic E-state index is 0.0759. The first-order valence-corrected chi connectivity index (χ1v) is 10.7. The molecule has 0 saturated heterocycles.